The van der Waals surface area contributed by atoms with Gasteiger partial charge in [-0.2, -0.15) is 0 Å². The van der Waals surface area contributed by atoms with Crippen LogP contribution in [0.25, 0.3) is 0 Å². The van der Waals surface area contributed by atoms with Gasteiger partial charge in [-0.25, -0.2) is 0 Å². The molecule has 3 rings (SSSR count). The van der Waals surface area contributed by atoms with Crippen LogP contribution in [0.2, 0.25) is 10.0 Å². The van der Waals surface area contributed by atoms with E-state index in [0.29, 0.717) is 40.9 Å². The number of likely N-dealkylation sites (tertiary alicyclic amines) is 1. The molecule has 2 amide bonds. The molecule has 1 aliphatic rings. The van der Waals surface area contributed by atoms with Crippen molar-refractivity contribution < 1.29 is 14.3 Å². The van der Waals surface area contributed by atoms with Gasteiger partial charge in [-0.1, -0.05) is 29.3 Å². The summed E-state index contributed by atoms with van der Waals surface area (Å²) < 4.78 is 5.26. The lowest BCUT2D eigenvalue weighted by Crippen LogP contribution is -2.46. The Balaban J connectivity index is 1.64. The minimum atomic E-state index is -0.211. The summed E-state index contributed by atoms with van der Waals surface area (Å²) in [7, 11) is 1.46. The number of rotatable bonds is 4. The Labute approximate surface area is 165 Å². The van der Waals surface area contributed by atoms with Gasteiger partial charge in [0.05, 0.1) is 22.0 Å². The van der Waals surface area contributed by atoms with E-state index in [2.05, 4.69) is 5.32 Å². The molecule has 0 saturated carbocycles. The molecule has 1 saturated heterocycles. The molecule has 1 N–H and O–H groups in total. The standard InChI is InChI=1S/C18H18Cl2N2O3S/c1-25-16-13(20)5-4-12(19)15(16)18(24)22-8-6-11(7-9-22)21-17(23)14-3-2-10-26-14/h2-5,10-11H,6-9H2,1H3,(H,21,23). The zero-order chi connectivity index (χ0) is 18.7. The number of ether oxygens (including phenoxy) is 1. The Hall–Kier alpha value is -1.76. The molecule has 1 aromatic carbocycles. The van der Waals surface area contributed by atoms with Crippen LogP contribution in [0.3, 0.4) is 0 Å². The number of amides is 2. The molecule has 0 aliphatic carbocycles. The number of carbonyl (C=O) groups is 2. The average Bonchev–Trinajstić information content (AvgIpc) is 3.18. The van der Waals surface area contributed by atoms with E-state index in [9.17, 15) is 9.59 Å². The molecule has 0 radical (unpaired) electrons. The molecule has 0 atom stereocenters. The second-order valence-corrected chi connectivity index (χ2v) is 7.72. The number of carbonyl (C=O) groups excluding carboxylic acids is 2. The van der Waals surface area contributed by atoms with Crippen LogP contribution in [0.1, 0.15) is 32.9 Å². The fourth-order valence-corrected chi connectivity index (χ4v) is 4.07. The molecular weight excluding hydrogens is 395 g/mol. The zero-order valence-electron chi connectivity index (χ0n) is 14.1. The third kappa shape index (κ3) is 3.98. The Morgan fingerprint density at radius 2 is 1.88 bits per heavy atom. The van der Waals surface area contributed by atoms with Crippen molar-refractivity contribution in [2.75, 3.05) is 20.2 Å². The number of nitrogens with zero attached hydrogens (tertiary/aromatic N) is 1. The maximum absolute atomic E-state index is 12.9. The van der Waals surface area contributed by atoms with E-state index >= 15 is 0 Å². The van der Waals surface area contributed by atoms with Crippen LogP contribution >= 0.6 is 34.5 Å². The molecule has 26 heavy (non-hydrogen) atoms. The number of hydrogen-bond donors (Lipinski definition) is 1. The highest BCUT2D eigenvalue weighted by molar-refractivity contribution is 7.12. The van der Waals surface area contributed by atoms with Crippen molar-refractivity contribution in [3.05, 3.63) is 50.1 Å². The lowest BCUT2D eigenvalue weighted by Gasteiger charge is -2.32. The van der Waals surface area contributed by atoms with Crippen LogP contribution in [0, 0.1) is 0 Å². The van der Waals surface area contributed by atoms with Gasteiger partial charge in [0.25, 0.3) is 11.8 Å². The van der Waals surface area contributed by atoms with Gasteiger partial charge in [0.1, 0.15) is 5.56 Å². The number of methoxy groups -OCH3 is 1. The maximum atomic E-state index is 12.9. The fraction of sp³-hybridized carbons (Fsp3) is 0.333. The van der Waals surface area contributed by atoms with Crippen LogP contribution in [0.5, 0.6) is 5.75 Å². The minimum absolute atomic E-state index is 0.0466. The normalized spacial score (nSPS) is 15.0. The summed E-state index contributed by atoms with van der Waals surface area (Å²) in [5.74, 6) is 0.0130. The molecule has 5 nitrogen and oxygen atoms in total. The molecule has 2 heterocycles. The van der Waals surface area contributed by atoms with E-state index in [4.69, 9.17) is 27.9 Å². The number of piperidine rings is 1. The predicted molar refractivity (Wildman–Crippen MR) is 104 cm³/mol. The number of nitrogens with one attached hydrogen (secondary N) is 1. The topological polar surface area (TPSA) is 58.6 Å². The lowest BCUT2D eigenvalue weighted by molar-refractivity contribution is 0.0695. The Kier molecular flexibility index (Phi) is 6.06. The smallest absolute Gasteiger partial charge is 0.261 e. The van der Waals surface area contributed by atoms with Crippen molar-refractivity contribution in [3.8, 4) is 5.75 Å². The number of hydrogen-bond acceptors (Lipinski definition) is 4. The van der Waals surface area contributed by atoms with Crippen LogP contribution in [-0.4, -0.2) is 43.0 Å². The first-order chi connectivity index (χ1) is 12.5. The summed E-state index contributed by atoms with van der Waals surface area (Å²) in [4.78, 5) is 27.4. The molecule has 138 valence electrons. The average molecular weight is 413 g/mol. The van der Waals surface area contributed by atoms with E-state index in [1.807, 2.05) is 11.4 Å². The summed E-state index contributed by atoms with van der Waals surface area (Å²) in [6, 6.07) is 6.89. The van der Waals surface area contributed by atoms with Crippen LogP contribution < -0.4 is 10.1 Å². The number of benzene rings is 1. The summed E-state index contributed by atoms with van der Waals surface area (Å²) in [6.45, 7) is 1.06. The van der Waals surface area contributed by atoms with E-state index in [-0.39, 0.29) is 29.2 Å². The van der Waals surface area contributed by atoms with Crippen molar-refractivity contribution in [2.45, 2.75) is 18.9 Å². The molecule has 8 heteroatoms. The first kappa shape index (κ1) is 19.0. The van der Waals surface area contributed by atoms with Gasteiger partial charge in [-0.3, -0.25) is 9.59 Å². The largest absolute Gasteiger partial charge is 0.494 e. The van der Waals surface area contributed by atoms with Crippen LogP contribution in [-0.2, 0) is 0 Å². The fourth-order valence-electron chi connectivity index (χ4n) is 2.98. The molecule has 2 aromatic rings. The Morgan fingerprint density at radius 1 is 1.19 bits per heavy atom. The third-order valence-corrected chi connectivity index (χ3v) is 5.82. The Morgan fingerprint density at radius 3 is 2.50 bits per heavy atom. The molecule has 0 bridgehead atoms. The van der Waals surface area contributed by atoms with Crippen molar-refractivity contribution in [1.82, 2.24) is 10.2 Å². The minimum Gasteiger partial charge on any atom is -0.494 e. The molecule has 0 unspecified atom stereocenters. The van der Waals surface area contributed by atoms with Gasteiger partial charge in [0.2, 0.25) is 0 Å². The third-order valence-electron chi connectivity index (χ3n) is 4.34. The van der Waals surface area contributed by atoms with E-state index in [1.165, 1.54) is 18.4 Å². The van der Waals surface area contributed by atoms with Gasteiger partial charge >= 0.3 is 0 Å². The van der Waals surface area contributed by atoms with E-state index < -0.39 is 0 Å². The SMILES string of the molecule is COc1c(Cl)ccc(Cl)c1C(=O)N1CCC(NC(=O)c2cccs2)CC1. The van der Waals surface area contributed by atoms with Gasteiger partial charge < -0.3 is 15.0 Å². The summed E-state index contributed by atoms with van der Waals surface area (Å²) in [5, 5.41) is 5.55. The zero-order valence-corrected chi connectivity index (χ0v) is 16.5. The molecule has 0 spiro atoms. The maximum Gasteiger partial charge on any atom is 0.261 e. The molecule has 1 aromatic heterocycles. The van der Waals surface area contributed by atoms with Gasteiger partial charge in [0, 0.05) is 19.1 Å². The highest BCUT2D eigenvalue weighted by atomic mass is 35.5. The summed E-state index contributed by atoms with van der Waals surface area (Å²) >= 11 is 13.7. The highest BCUT2D eigenvalue weighted by Gasteiger charge is 2.28. The van der Waals surface area contributed by atoms with Gasteiger partial charge in [-0.05, 0) is 36.4 Å². The monoisotopic (exact) mass is 412 g/mol. The summed E-state index contributed by atoms with van der Waals surface area (Å²) in [6.07, 6.45) is 1.37. The van der Waals surface area contributed by atoms with Crippen molar-refractivity contribution in [3.63, 3.8) is 0 Å². The van der Waals surface area contributed by atoms with E-state index in [0.717, 1.165) is 0 Å². The van der Waals surface area contributed by atoms with Crippen LogP contribution in [0.15, 0.2) is 29.6 Å². The second kappa shape index (κ2) is 8.29. The second-order valence-electron chi connectivity index (χ2n) is 5.95. The van der Waals surface area contributed by atoms with Crippen molar-refractivity contribution >= 4 is 46.4 Å². The molecular formula is C18H18Cl2N2O3S. The predicted octanol–water partition coefficient (Wildman–Crippen LogP) is 4.10. The lowest BCUT2D eigenvalue weighted by atomic mass is 10.0. The number of halogens is 2. The molecule has 1 fully saturated rings. The van der Waals surface area contributed by atoms with Gasteiger partial charge in [0.15, 0.2) is 5.75 Å². The Bertz CT molecular complexity index is 803. The first-order valence-electron chi connectivity index (χ1n) is 8.17. The van der Waals surface area contributed by atoms with E-state index in [1.54, 1.807) is 23.1 Å². The summed E-state index contributed by atoms with van der Waals surface area (Å²) in [5.41, 5.74) is 0.280. The molecule has 1 aliphatic heterocycles. The van der Waals surface area contributed by atoms with Crippen LogP contribution in [0.4, 0.5) is 0 Å². The first-order valence-corrected chi connectivity index (χ1v) is 9.80. The quantitative estimate of drug-likeness (QED) is 0.821. The highest BCUT2D eigenvalue weighted by Crippen LogP contribution is 2.35. The van der Waals surface area contributed by atoms with Crippen molar-refractivity contribution in [1.29, 1.82) is 0 Å². The van der Waals surface area contributed by atoms with Crippen molar-refractivity contribution in [2.24, 2.45) is 0 Å². The van der Waals surface area contributed by atoms with Gasteiger partial charge in [-0.15, -0.1) is 11.3 Å². The number of thiophene rings is 1.